The molecular formula is C18H23N5O2. The number of hydrogen-bond donors (Lipinski definition) is 0. The molecule has 1 amide bonds. The molecule has 2 aromatic rings. The Kier molecular flexibility index (Phi) is 4.74. The maximum atomic E-state index is 12.8. The van der Waals surface area contributed by atoms with Crippen LogP contribution in [0.25, 0.3) is 0 Å². The van der Waals surface area contributed by atoms with Crippen molar-refractivity contribution in [3.63, 3.8) is 0 Å². The lowest BCUT2D eigenvalue weighted by atomic mass is 9.94. The average Bonchev–Trinajstić information content (AvgIpc) is 3.34. The zero-order valence-electron chi connectivity index (χ0n) is 14.3. The highest BCUT2D eigenvalue weighted by atomic mass is 16.5. The summed E-state index contributed by atoms with van der Waals surface area (Å²) in [6, 6.07) is 5.96. The van der Waals surface area contributed by atoms with Crippen molar-refractivity contribution in [3.05, 3.63) is 42.0 Å². The van der Waals surface area contributed by atoms with Gasteiger partial charge < -0.3 is 9.64 Å². The molecule has 0 aliphatic carbocycles. The van der Waals surface area contributed by atoms with Crippen molar-refractivity contribution in [2.75, 3.05) is 19.7 Å². The van der Waals surface area contributed by atoms with E-state index >= 15 is 0 Å². The summed E-state index contributed by atoms with van der Waals surface area (Å²) in [6.07, 6.45) is 7.92. The second-order valence-corrected chi connectivity index (χ2v) is 6.81. The Morgan fingerprint density at radius 2 is 2.24 bits per heavy atom. The maximum Gasteiger partial charge on any atom is 0.276 e. The predicted octanol–water partition coefficient (Wildman–Crippen LogP) is 1.87. The molecule has 2 saturated heterocycles. The first-order valence-corrected chi connectivity index (χ1v) is 9.01. The number of rotatable bonds is 4. The van der Waals surface area contributed by atoms with E-state index < -0.39 is 0 Å². The molecule has 0 saturated carbocycles. The molecule has 25 heavy (non-hydrogen) atoms. The van der Waals surface area contributed by atoms with Crippen LogP contribution in [0.15, 0.2) is 30.6 Å². The van der Waals surface area contributed by atoms with Gasteiger partial charge in [-0.25, -0.2) is 4.68 Å². The first-order valence-electron chi connectivity index (χ1n) is 9.01. The van der Waals surface area contributed by atoms with Crippen molar-refractivity contribution >= 4 is 5.91 Å². The molecule has 2 aliphatic heterocycles. The molecule has 4 heterocycles. The first-order chi connectivity index (χ1) is 12.3. The predicted molar refractivity (Wildman–Crippen MR) is 91.1 cm³/mol. The van der Waals surface area contributed by atoms with Crippen molar-refractivity contribution in [1.82, 2.24) is 24.9 Å². The van der Waals surface area contributed by atoms with Gasteiger partial charge in [0.1, 0.15) is 0 Å². The van der Waals surface area contributed by atoms with Crippen LogP contribution in [0.3, 0.4) is 0 Å². The van der Waals surface area contributed by atoms with Gasteiger partial charge in [0.25, 0.3) is 5.91 Å². The highest BCUT2D eigenvalue weighted by molar-refractivity contribution is 5.92. The van der Waals surface area contributed by atoms with Crippen LogP contribution in [0.4, 0.5) is 0 Å². The monoisotopic (exact) mass is 341 g/mol. The van der Waals surface area contributed by atoms with Crippen molar-refractivity contribution in [3.8, 4) is 0 Å². The van der Waals surface area contributed by atoms with Crippen LogP contribution in [0.2, 0.25) is 0 Å². The molecule has 0 bridgehead atoms. The molecule has 2 aromatic heterocycles. The average molecular weight is 341 g/mol. The third-order valence-corrected chi connectivity index (χ3v) is 4.99. The Morgan fingerprint density at radius 3 is 3.04 bits per heavy atom. The van der Waals surface area contributed by atoms with E-state index in [0.29, 0.717) is 24.7 Å². The number of carbonyl (C=O) groups is 1. The topological polar surface area (TPSA) is 73.1 Å². The summed E-state index contributed by atoms with van der Waals surface area (Å²) >= 11 is 0. The SMILES string of the molecule is O=C(c1cn(CC2CCCO2)nn1)N1CCCC(c2ccccn2)C1. The molecule has 0 aromatic carbocycles. The van der Waals surface area contributed by atoms with Gasteiger partial charge in [0.15, 0.2) is 5.69 Å². The number of carbonyl (C=O) groups excluding carboxylic acids is 1. The summed E-state index contributed by atoms with van der Waals surface area (Å²) in [5.41, 5.74) is 1.47. The highest BCUT2D eigenvalue weighted by Gasteiger charge is 2.28. The zero-order valence-corrected chi connectivity index (χ0v) is 14.3. The molecule has 132 valence electrons. The first kappa shape index (κ1) is 16.2. The number of ether oxygens (including phenoxy) is 1. The van der Waals surface area contributed by atoms with E-state index in [0.717, 1.165) is 44.5 Å². The Bertz CT molecular complexity index is 711. The summed E-state index contributed by atoms with van der Waals surface area (Å²) in [5.74, 6) is 0.250. The quantitative estimate of drug-likeness (QED) is 0.849. The second kappa shape index (κ2) is 7.31. The van der Waals surface area contributed by atoms with E-state index in [4.69, 9.17) is 4.74 Å². The van der Waals surface area contributed by atoms with Gasteiger partial charge in [-0.1, -0.05) is 11.3 Å². The van der Waals surface area contributed by atoms with E-state index in [1.807, 2.05) is 29.3 Å². The lowest BCUT2D eigenvalue weighted by Crippen LogP contribution is -2.39. The molecular weight excluding hydrogens is 318 g/mol. The van der Waals surface area contributed by atoms with Crippen LogP contribution in [0.5, 0.6) is 0 Å². The number of pyridine rings is 1. The fourth-order valence-corrected chi connectivity index (χ4v) is 3.67. The van der Waals surface area contributed by atoms with E-state index in [1.165, 1.54) is 0 Å². The van der Waals surface area contributed by atoms with Crippen molar-refractivity contribution in [2.45, 2.75) is 44.2 Å². The molecule has 7 nitrogen and oxygen atoms in total. The summed E-state index contributed by atoms with van der Waals surface area (Å²) in [7, 11) is 0. The van der Waals surface area contributed by atoms with Gasteiger partial charge in [0, 0.05) is 37.5 Å². The molecule has 2 fully saturated rings. The van der Waals surface area contributed by atoms with Crippen molar-refractivity contribution in [1.29, 1.82) is 0 Å². The minimum Gasteiger partial charge on any atom is -0.376 e. The fraction of sp³-hybridized carbons (Fsp3) is 0.556. The fourth-order valence-electron chi connectivity index (χ4n) is 3.67. The largest absolute Gasteiger partial charge is 0.376 e. The molecule has 4 rings (SSSR count). The summed E-state index contributed by atoms with van der Waals surface area (Å²) in [5, 5.41) is 8.18. The number of piperidine rings is 1. The van der Waals surface area contributed by atoms with Gasteiger partial charge >= 0.3 is 0 Å². The maximum absolute atomic E-state index is 12.8. The van der Waals surface area contributed by atoms with Gasteiger partial charge in [-0.15, -0.1) is 5.10 Å². The summed E-state index contributed by atoms with van der Waals surface area (Å²) < 4.78 is 7.34. The van der Waals surface area contributed by atoms with Crippen LogP contribution >= 0.6 is 0 Å². The lowest BCUT2D eigenvalue weighted by Gasteiger charge is -2.31. The van der Waals surface area contributed by atoms with Crippen LogP contribution in [0.1, 0.15) is 47.8 Å². The van der Waals surface area contributed by atoms with Gasteiger partial charge in [-0.2, -0.15) is 0 Å². The smallest absolute Gasteiger partial charge is 0.276 e. The Labute approximate surface area is 147 Å². The Morgan fingerprint density at radius 1 is 1.28 bits per heavy atom. The van der Waals surface area contributed by atoms with Gasteiger partial charge in [-0.05, 0) is 37.8 Å². The molecule has 7 heteroatoms. The third-order valence-electron chi connectivity index (χ3n) is 4.99. The molecule has 2 atom stereocenters. The minimum absolute atomic E-state index is 0.0424. The van der Waals surface area contributed by atoms with Crippen LogP contribution < -0.4 is 0 Å². The minimum atomic E-state index is -0.0424. The van der Waals surface area contributed by atoms with Crippen molar-refractivity contribution in [2.24, 2.45) is 0 Å². The van der Waals surface area contributed by atoms with E-state index in [-0.39, 0.29) is 12.0 Å². The normalized spacial score (nSPS) is 23.8. The number of likely N-dealkylation sites (tertiary alicyclic amines) is 1. The molecule has 0 N–H and O–H groups in total. The van der Waals surface area contributed by atoms with E-state index in [9.17, 15) is 4.79 Å². The number of amides is 1. The lowest BCUT2D eigenvalue weighted by molar-refractivity contribution is 0.0699. The Hall–Kier alpha value is -2.28. The van der Waals surface area contributed by atoms with Gasteiger partial charge in [0.05, 0.1) is 18.8 Å². The van der Waals surface area contributed by atoms with Crippen LogP contribution in [0, 0.1) is 0 Å². The Balaban J connectivity index is 1.41. The summed E-state index contributed by atoms with van der Waals surface area (Å²) in [6.45, 7) is 2.93. The zero-order chi connectivity index (χ0) is 17.1. The number of aromatic nitrogens is 4. The van der Waals surface area contributed by atoms with Gasteiger partial charge in [0.2, 0.25) is 0 Å². The summed E-state index contributed by atoms with van der Waals surface area (Å²) in [4.78, 5) is 19.1. The number of hydrogen-bond acceptors (Lipinski definition) is 5. The number of nitrogens with zero attached hydrogens (tertiary/aromatic N) is 5. The molecule has 0 spiro atoms. The molecule has 2 aliphatic rings. The molecule has 2 unspecified atom stereocenters. The highest BCUT2D eigenvalue weighted by Crippen LogP contribution is 2.26. The van der Waals surface area contributed by atoms with Gasteiger partial charge in [-0.3, -0.25) is 9.78 Å². The van der Waals surface area contributed by atoms with E-state index in [2.05, 4.69) is 15.3 Å². The molecule has 0 radical (unpaired) electrons. The van der Waals surface area contributed by atoms with Crippen LogP contribution in [-0.4, -0.2) is 56.6 Å². The standard InChI is InChI=1S/C18H23N5O2/c24-18(17-13-23(21-20-17)12-15-6-4-10-25-15)22-9-3-5-14(11-22)16-7-1-2-8-19-16/h1-2,7-8,13-15H,3-6,9-12H2. The second-order valence-electron chi connectivity index (χ2n) is 6.81. The van der Waals surface area contributed by atoms with Crippen LogP contribution in [-0.2, 0) is 11.3 Å². The van der Waals surface area contributed by atoms with Crippen molar-refractivity contribution < 1.29 is 9.53 Å². The third kappa shape index (κ3) is 3.71. The van der Waals surface area contributed by atoms with E-state index in [1.54, 1.807) is 10.9 Å².